The van der Waals surface area contributed by atoms with Crippen LogP contribution in [0.1, 0.15) is 33.7 Å². The van der Waals surface area contributed by atoms with Gasteiger partial charge in [0.05, 0.1) is 16.9 Å². The Balaban J connectivity index is 1.72. The van der Waals surface area contributed by atoms with Gasteiger partial charge >= 0.3 is 5.91 Å². The van der Waals surface area contributed by atoms with Gasteiger partial charge in [-0.2, -0.15) is 5.10 Å². The van der Waals surface area contributed by atoms with Crippen LogP contribution in [-0.2, 0) is 0 Å². The Hall–Kier alpha value is -2.31. The van der Waals surface area contributed by atoms with E-state index in [9.17, 15) is 4.79 Å². The monoisotopic (exact) mass is 346 g/mol. The average Bonchev–Trinajstić information content (AvgIpc) is 3.31. The number of rotatable bonds is 3. The molecule has 4 heterocycles. The summed E-state index contributed by atoms with van der Waals surface area (Å²) in [5, 5.41) is 8.17. The van der Waals surface area contributed by atoms with E-state index in [1.165, 1.54) is 11.3 Å². The smallest absolute Gasteiger partial charge is 0.310 e. The summed E-state index contributed by atoms with van der Waals surface area (Å²) in [4.78, 5) is 13.7. The van der Waals surface area contributed by atoms with E-state index in [-0.39, 0.29) is 22.9 Å². The van der Waals surface area contributed by atoms with Crippen LogP contribution >= 0.6 is 22.9 Å². The van der Waals surface area contributed by atoms with Crippen molar-refractivity contribution in [2.75, 3.05) is 0 Å². The molecule has 1 unspecified atom stereocenters. The molecular formula is C16H11ClN2O3S. The number of amides is 1. The third-order valence-corrected chi connectivity index (χ3v) is 4.70. The van der Waals surface area contributed by atoms with Crippen LogP contribution in [0.5, 0.6) is 0 Å². The topological polar surface area (TPSA) is 59.0 Å². The minimum Gasteiger partial charge on any atom is -0.459 e. The van der Waals surface area contributed by atoms with Gasteiger partial charge in [-0.3, -0.25) is 4.79 Å². The lowest BCUT2D eigenvalue weighted by atomic mass is 10.1. The molecule has 0 spiro atoms. The standard InChI is InChI=1S/C16H11ClN2O3S/c17-15-6-5-12(22-15)11-9-10(14-4-2-8-23-14)18-19(11)16(20)13-3-1-7-21-13/h1-8,11H,9H2. The van der Waals surface area contributed by atoms with Crippen LogP contribution in [0.25, 0.3) is 0 Å². The summed E-state index contributed by atoms with van der Waals surface area (Å²) >= 11 is 7.46. The van der Waals surface area contributed by atoms with Gasteiger partial charge in [-0.05, 0) is 47.3 Å². The molecule has 0 fully saturated rings. The molecule has 0 radical (unpaired) electrons. The number of carbonyl (C=O) groups excluding carboxylic acids is 1. The Morgan fingerprint density at radius 3 is 2.87 bits per heavy atom. The normalized spacial score (nSPS) is 17.5. The van der Waals surface area contributed by atoms with Crippen LogP contribution in [0.3, 0.4) is 0 Å². The molecule has 7 heteroatoms. The van der Waals surface area contributed by atoms with E-state index in [0.29, 0.717) is 12.2 Å². The molecule has 0 saturated heterocycles. The van der Waals surface area contributed by atoms with Crippen molar-refractivity contribution < 1.29 is 13.6 Å². The number of hydrogen-bond acceptors (Lipinski definition) is 5. The Bertz CT molecular complexity index is 852. The van der Waals surface area contributed by atoms with Crippen LogP contribution in [0.15, 0.2) is 62.0 Å². The number of hydrogen-bond donors (Lipinski definition) is 0. The van der Waals surface area contributed by atoms with E-state index in [0.717, 1.165) is 10.6 Å². The van der Waals surface area contributed by atoms with Gasteiger partial charge in [0, 0.05) is 6.42 Å². The lowest BCUT2D eigenvalue weighted by molar-refractivity contribution is 0.0660. The van der Waals surface area contributed by atoms with Gasteiger partial charge in [-0.25, -0.2) is 5.01 Å². The van der Waals surface area contributed by atoms with Crippen LogP contribution < -0.4 is 0 Å². The van der Waals surface area contributed by atoms with Crippen LogP contribution in [0.2, 0.25) is 5.22 Å². The molecular weight excluding hydrogens is 336 g/mol. The highest BCUT2D eigenvalue weighted by atomic mass is 35.5. The first kappa shape index (κ1) is 14.3. The zero-order valence-corrected chi connectivity index (χ0v) is 13.4. The largest absolute Gasteiger partial charge is 0.459 e. The van der Waals surface area contributed by atoms with Crippen molar-refractivity contribution in [3.8, 4) is 0 Å². The van der Waals surface area contributed by atoms with E-state index in [1.807, 2.05) is 17.5 Å². The number of halogens is 1. The predicted molar refractivity (Wildman–Crippen MR) is 86.8 cm³/mol. The van der Waals surface area contributed by atoms with Crippen LogP contribution in [0.4, 0.5) is 0 Å². The highest BCUT2D eigenvalue weighted by molar-refractivity contribution is 7.12. The Morgan fingerprint density at radius 2 is 2.22 bits per heavy atom. The second-order valence-electron chi connectivity index (χ2n) is 5.01. The highest BCUT2D eigenvalue weighted by Crippen LogP contribution is 2.36. The summed E-state index contributed by atoms with van der Waals surface area (Å²) in [7, 11) is 0. The lowest BCUT2D eigenvalue weighted by Gasteiger charge is -2.18. The fourth-order valence-electron chi connectivity index (χ4n) is 2.53. The number of carbonyl (C=O) groups is 1. The molecule has 0 saturated carbocycles. The van der Waals surface area contributed by atoms with Gasteiger partial charge in [0.15, 0.2) is 11.0 Å². The first-order chi connectivity index (χ1) is 11.2. The van der Waals surface area contributed by atoms with E-state index in [1.54, 1.807) is 35.6 Å². The number of hydrazone groups is 1. The molecule has 1 amide bonds. The summed E-state index contributed by atoms with van der Waals surface area (Å²) in [5.41, 5.74) is 0.845. The zero-order chi connectivity index (χ0) is 15.8. The first-order valence-corrected chi connectivity index (χ1v) is 8.22. The molecule has 4 rings (SSSR count). The van der Waals surface area contributed by atoms with Crippen molar-refractivity contribution in [2.24, 2.45) is 5.10 Å². The lowest BCUT2D eigenvalue weighted by Crippen LogP contribution is -2.26. The minimum absolute atomic E-state index is 0.240. The molecule has 23 heavy (non-hydrogen) atoms. The average molecular weight is 347 g/mol. The van der Waals surface area contributed by atoms with Gasteiger partial charge in [-0.1, -0.05) is 6.07 Å². The first-order valence-electron chi connectivity index (χ1n) is 6.96. The van der Waals surface area contributed by atoms with Crippen molar-refractivity contribution in [1.29, 1.82) is 0 Å². The molecule has 3 aromatic heterocycles. The fourth-order valence-corrected chi connectivity index (χ4v) is 3.40. The third-order valence-electron chi connectivity index (χ3n) is 3.58. The van der Waals surface area contributed by atoms with E-state index in [2.05, 4.69) is 5.10 Å². The van der Waals surface area contributed by atoms with E-state index < -0.39 is 0 Å². The summed E-state index contributed by atoms with van der Waals surface area (Å²) in [6.45, 7) is 0. The quantitative estimate of drug-likeness (QED) is 0.697. The molecule has 3 aromatic rings. The Morgan fingerprint density at radius 1 is 1.30 bits per heavy atom. The maximum atomic E-state index is 12.7. The Labute approximate surface area is 140 Å². The fraction of sp³-hybridized carbons (Fsp3) is 0.125. The summed E-state index contributed by atoms with van der Waals surface area (Å²) in [6.07, 6.45) is 2.03. The number of thiophene rings is 1. The van der Waals surface area contributed by atoms with Gasteiger partial charge < -0.3 is 8.83 Å². The third kappa shape index (κ3) is 2.60. The maximum absolute atomic E-state index is 12.7. The maximum Gasteiger partial charge on any atom is 0.310 e. The number of furan rings is 2. The molecule has 1 atom stereocenters. The van der Waals surface area contributed by atoms with Gasteiger partial charge in [0.2, 0.25) is 0 Å². The van der Waals surface area contributed by atoms with Crippen molar-refractivity contribution in [3.05, 3.63) is 69.7 Å². The van der Waals surface area contributed by atoms with Gasteiger partial charge in [0.1, 0.15) is 11.8 Å². The van der Waals surface area contributed by atoms with Crippen molar-refractivity contribution in [3.63, 3.8) is 0 Å². The van der Waals surface area contributed by atoms with Crippen molar-refractivity contribution in [1.82, 2.24) is 5.01 Å². The van der Waals surface area contributed by atoms with Crippen LogP contribution in [0, 0.1) is 0 Å². The summed E-state index contributed by atoms with van der Waals surface area (Å²) < 4.78 is 10.7. The molecule has 0 aliphatic carbocycles. The van der Waals surface area contributed by atoms with Gasteiger partial charge in [-0.15, -0.1) is 11.3 Å². The second-order valence-corrected chi connectivity index (χ2v) is 6.33. The minimum atomic E-state index is -0.336. The zero-order valence-electron chi connectivity index (χ0n) is 11.8. The van der Waals surface area contributed by atoms with E-state index >= 15 is 0 Å². The molecule has 1 aliphatic heterocycles. The molecule has 0 N–H and O–H groups in total. The van der Waals surface area contributed by atoms with Crippen molar-refractivity contribution >= 4 is 34.6 Å². The molecule has 1 aliphatic rings. The SMILES string of the molecule is O=C(c1ccco1)N1N=C(c2cccs2)CC1c1ccc(Cl)o1. The second kappa shape index (κ2) is 5.72. The Kier molecular flexibility index (Phi) is 3.55. The van der Waals surface area contributed by atoms with Crippen LogP contribution in [-0.4, -0.2) is 16.6 Å². The molecule has 5 nitrogen and oxygen atoms in total. The summed E-state index contributed by atoms with van der Waals surface area (Å²) in [5.74, 6) is 0.535. The van der Waals surface area contributed by atoms with Gasteiger partial charge in [0.25, 0.3) is 0 Å². The number of nitrogens with zero attached hydrogens (tertiary/aromatic N) is 2. The molecule has 116 valence electrons. The van der Waals surface area contributed by atoms with E-state index in [4.69, 9.17) is 20.4 Å². The van der Waals surface area contributed by atoms with Crippen molar-refractivity contribution in [2.45, 2.75) is 12.5 Å². The predicted octanol–water partition coefficient (Wildman–Crippen LogP) is 4.58. The highest BCUT2D eigenvalue weighted by Gasteiger charge is 2.36. The molecule has 0 aromatic carbocycles. The molecule has 0 bridgehead atoms. The summed E-state index contributed by atoms with van der Waals surface area (Å²) in [6, 6.07) is 10.3.